The molecule has 5 rings (SSSR count). The van der Waals surface area contributed by atoms with Gasteiger partial charge < -0.3 is 14.2 Å². The number of aromatic nitrogens is 1. The van der Waals surface area contributed by atoms with E-state index < -0.39 is 12.0 Å². The third-order valence-corrected chi connectivity index (χ3v) is 7.29. The number of terminal acetylenes is 1. The Hall–Kier alpha value is -4.87. The molecule has 0 unspecified atom stereocenters. The van der Waals surface area contributed by atoms with E-state index in [1.165, 1.54) is 18.4 Å². The van der Waals surface area contributed by atoms with Crippen molar-refractivity contribution in [1.82, 2.24) is 4.57 Å². The van der Waals surface area contributed by atoms with Gasteiger partial charge >= 0.3 is 5.97 Å². The first-order valence-corrected chi connectivity index (χ1v) is 13.5. The number of methoxy groups -OCH3 is 1. The van der Waals surface area contributed by atoms with Crippen LogP contribution in [0.4, 0.5) is 0 Å². The fourth-order valence-corrected chi connectivity index (χ4v) is 5.60. The molecule has 1 aromatic heterocycles. The van der Waals surface area contributed by atoms with E-state index in [9.17, 15) is 9.59 Å². The van der Waals surface area contributed by atoms with Crippen molar-refractivity contribution in [2.45, 2.75) is 13.0 Å². The van der Waals surface area contributed by atoms with Crippen LogP contribution < -0.4 is 24.4 Å². The molecule has 0 amide bonds. The molecular weight excluding hydrogens is 524 g/mol. The molecule has 0 radical (unpaired) electrons. The summed E-state index contributed by atoms with van der Waals surface area (Å²) in [5.74, 6) is 2.87. The van der Waals surface area contributed by atoms with E-state index in [1.54, 1.807) is 23.6 Å². The van der Waals surface area contributed by atoms with E-state index in [2.05, 4.69) is 5.92 Å². The van der Waals surface area contributed by atoms with E-state index in [4.69, 9.17) is 25.6 Å². The van der Waals surface area contributed by atoms with Gasteiger partial charge in [0, 0.05) is 11.1 Å². The molecule has 0 bridgehead atoms. The molecule has 0 aliphatic carbocycles. The lowest BCUT2D eigenvalue weighted by Gasteiger charge is -2.25. The monoisotopic (exact) mass is 550 g/mol. The van der Waals surface area contributed by atoms with E-state index in [0.29, 0.717) is 37.7 Å². The summed E-state index contributed by atoms with van der Waals surface area (Å²) < 4.78 is 18.7. The summed E-state index contributed by atoms with van der Waals surface area (Å²) >= 11 is 1.23. The minimum atomic E-state index is -0.740. The number of carbonyl (C=O) groups is 1. The minimum absolute atomic E-state index is 0.0415. The number of nitrogens with zero attached hydrogens (tertiary/aromatic N) is 2. The molecule has 3 aromatic carbocycles. The van der Waals surface area contributed by atoms with Crippen LogP contribution in [-0.4, -0.2) is 30.9 Å². The van der Waals surface area contributed by atoms with Crippen molar-refractivity contribution in [3.05, 3.63) is 121 Å². The molecule has 7 nitrogen and oxygen atoms in total. The molecular formula is C32H26N2O5S. The first kappa shape index (κ1) is 26.7. The topological polar surface area (TPSA) is 79.1 Å². The van der Waals surface area contributed by atoms with Crippen molar-refractivity contribution in [2.24, 2.45) is 4.99 Å². The Kier molecular flexibility index (Phi) is 7.94. The van der Waals surface area contributed by atoms with Crippen molar-refractivity contribution >= 4 is 29.1 Å². The number of hydrogen-bond donors (Lipinski definition) is 0. The quantitative estimate of drug-likeness (QED) is 0.245. The van der Waals surface area contributed by atoms with Crippen LogP contribution >= 0.6 is 11.3 Å². The summed E-state index contributed by atoms with van der Waals surface area (Å²) in [6.07, 6.45) is 7.15. The number of para-hydroxylation sites is 1. The Balaban J connectivity index is 1.80. The van der Waals surface area contributed by atoms with Gasteiger partial charge in [0.05, 0.1) is 35.6 Å². The molecule has 0 saturated heterocycles. The maximum absolute atomic E-state index is 14.1. The normalized spacial score (nSPS) is 14.6. The molecule has 0 N–H and O–H groups in total. The molecule has 4 aromatic rings. The average Bonchev–Trinajstić information content (AvgIpc) is 3.30. The van der Waals surface area contributed by atoms with Crippen LogP contribution in [0.25, 0.3) is 11.8 Å². The number of esters is 1. The van der Waals surface area contributed by atoms with Crippen LogP contribution in [0.1, 0.15) is 29.7 Å². The lowest BCUT2D eigenvalue weighted by Crippen LogP contribution is -2.40. The molecule has 1 aliphatic rings. The van der Waals surface area contributed by atoms with Crippen LogP contribution in [-0.2, 0) is 9.53 Å². The van der Waals surface area contributed by atoms with Gasteiger partial charge in [-0.25, -0.2) is 9.79 Å². The lowest BCUT2D eigenvalue weighted by atomic mass is 9.93. The number of ether oxygens (including phenoxy) is 3. The van der Waals surface area contributed by atoms with Gasteiger partial charge in [-0.05, 0) is 24.6 Å². The molecule has 8 heteroatoms. The Morgan fingerprint density at radius 3 is 2.48 bits per heavy atom. The van der Waals surface area contributed by atoms with Crippen LogP contribution in [0.3, 0.4) is 0 Å². The van der Waals surface area contributed by atoms with E-state index in [1.807, 2.05) is 72.8 Å². The number of benzene rings is 3. The zero-order valence-electron chi connectivity index (χ0n) is 22.0. The molecule has 1 aliphatic heterocycles. The van der Waals surface area contributed by atoms with Gasteiger partial charge in [0.2, 0.25) is 0 Å². The molecule has 0 spiro atoms. The van der Waals surface area contributed by atoms with Crippen molar-refractivity contribution < 1.29 is 19.0 Å². The number of thiazole rings is 1. The summed E-state index contributed by atoms with van der Waals surface area (Å²) in [4.78, 5) is 32.9. The summed E-state index contributed by atoms with van der Waals surface area (Å²) in [5, 5.41) is 0. The zero-order valence-corrected chi connectivity index (χ0v) is 22.8. The van der Waals surface area contributed by atoms with E-state index in [0.717, 1.165) is 11.1 Å². The highest BCUT2D eigenvalue weighted by Gasteiger charge is 2.35. The van der Waals surface area contributed by atoms with Crippen molar-refractivity contribution in [3.8, 4) is 23.8 Å². The van der Waals surface area contributed by atoms with Gasteiger partial charge in [0.15, 0.2) is 16.3 Å². The predicted molar refractivity (Wildman–Crippen MR) is 155 cm³/mol. The fraction of sp³-hybridized carbons (Fsp3) is 0.156. The van der Waals surface area contributed by atoms with Crippen molar-refractivity contribution in [2.75, 3.05) is 20.3 Å². The molecule has 2 heterocycles. The van der Waals surface area contributed by atoms with E-state index in [-0.39, 0.29) is 18.8 Å². The molecule has 1 atom stereocenters. The fourth-order valence-electron chi connectivity index (χ4n) is 4.61. The second-order valence-corrected chi connectivity index (χ2v) is 9.72. The number of carbonyl (C=O) groups excluding carboxylic acids is 1. The second kappa shape index (κ2) is 11.9. The number of fused-ring (bicyclic) bond motifs is 1. The summed E-state index contributed by atoms with van der Waals surface area (Å²) in [5.41, 5.74) is 2.63. The highest BCUT2D eigenvalue weighted by Crippen LogP contribution is 2.35. The maximum atomic E-state index is 14.1. The van der Waals surface area contributed by atoms with Crippen molar-refractivity contribution in [1.29, 1.82) is 0 Å². The summed E-state index contributed by atoms with van der Waals surface area (Å²) in [7, 11) is 1.54. The first-order valence-electron chi connectivity index (χ1n) is 12.6. The predicted octanol–water partition coefficient (Wildman–Crippen LogP) is 3.96. The lowest BCUT2D eigenvalue weighted by molar-refractivity contribution is -0.138. The second-order valence-electron chi connectivity index (χ2n) is 8.71. The summed E-state index contributed by atoms with van der Waals surface area (Å²) in [6.45, 7) is 1.98. The number of hydrogen-bond acceptors (Lipinski definition) is 7. The average molecular weight is 551 g/mol. The Morgan fingerprint density at radius 2 is 1.80 bits per heavy atom. The largest absolute Gasteiger partial charge is 0.493 e. The standard InChI is InChI=1S/C32H26N2O5S/c1-4-19-39-29-23(17-12-18-24(29)37-3)20-25-30(35)34-28(22-15-10-7-11-16-22)26(31(36)38-5-2)27(33-32(34)40-25)21-13-8-6-9-14-21/h1,6-18,20,28H,5,19H2,2-3H3/b25-20-/t28-/m0/s1. The van der Waals surface area contributed by atoms with Gasteiger partial charge in [0.1, 0.15) is 6.61 Å². The van der Waals surface area contributed by atoms with Gasteiger partial charge in [-0.15, -0.1) is 6.42 Å². The van der Waals surface area contributed by atoms with E-state index >= 15 is 0 Å². The molecule has 0 fully saturated rings. The Bertz CT molecular complexity index is 1800. The van der Waals surface area contributed by atoms with Crippen LogP contribution in [0.5, 0.6) is 11.5 Å². The molecule has 200 valence electrons. The third-order valence-electron chi connectivity index (χ3n) is 6.30. The highest BCUT2D eigenvalue weighted by molar-refractivity contribution is 7.07. The summed E-state index contributed by atoms with van der Waals surface area (Å²) in [6, 6.07) is 23.5. The zero-order chi connectivity index (χ0) is 28.1. The van der Waals surface area contributed by atoms with Crippen LogP contribution in [0.15, 0.2) is 94.2 Å². The maximum Gasteiger partial charge on any atom is 0.338 e. The van der Waals surface area contributed by atoms with Gasteiger partial charge in [-0.2, -0.15) is 0 Å². The van der Waals surface area contributed by atoms with Gasteiger partial charge in [-0.3, -0.25) is 9.36 Å². The van der Waals surface area contributed by atoms with Gasteiger partial charge in [-0.1, -0.05) is 90.1 Å². The molecule has 0 saturated carbocycles. The van der Waals surface area contributed by atoms with Crippen LogP contribution in [0, 0.1) is 12.3 Å². The Labute approximate surface area is 235 Å². The minimum Gasteiger partial charge on any atom is -0.493 e. The molecule has 40 heavy (non-hydrogen) atoms. The number of rotatable bonds is 8. The van der Waals surface area contributed by atoms with Crippen molar-refractivity contribution in [3.63, 3.8) is 0 Å². The Morgan fingerprint density at radius 1 is 1.07 bits per heavy atom. The highest BCUT2D eigenvalue weighted by atomic mass is 32.1. The SMILES string of the molecule is C#CCOc1c(/C=c2\sc3n(c2=O)[C@@H](c2ccccc2)C(C(=O)OCC)=C(c2ccccc2)N=3)cccc1OC. The van der Waals surface area contributed by atoms with Crippen LogP contribution in [0.2, 0.25) is 0 Å². The first-order chi connectivity index (χ1) is 19.6. The van der Waals surface area contributed by atoms with Gasteiger partial charge in [0.25, 0.3) is 5.56 Å². The smallest absolute Gasteiger partial charge is 0.338 e. The third kappa shape index (κ3) is 5.07.